The Labute approximate surface area is 373 Å². The molecule has 4 aliphatic rings. The molecule has 3 heterocycles. The number of unbranched alkanes of at least 4 members (excludes halogenated alkanes) is 2. The Balaban J connectivity index is 1.34. The van der Waals surface area contributed by atoms with Crippen LogP contribution >= 0.6 is 24.1 Å². The number of ketones is 1. The van der Waals surface area contributed by atoms with Gasteiger partial charge < -0.3 is 29.9 Å². The van der Waals surface area contributed by atoms with E-state index in [2.05, 4.69) is 18.7 Å². The van der Waals surface area contributed by atoms with Crippen LogP contribution in [0.4, 0.5) is 11.4 Å². The van der Waals surface area contributed by atoms with Gasteiger partial charge in [-0.1, -0.05) is 30.2 Å². The molecule has 21 heteroatoms. The molecule has 0 spiro atoms. The summed E-state index contributed by atoms with van der Waals surface area (Å²) in [6.45, 7) is 8.31. The number of amides is 2. The third-order valence-electron chi connectivity index (χ3n) is 11.7. The van der Waals surface area contributed by atoms with E-state index in [1.54, 1.807) is 18.2 Å². The molecule has 1 aliphatic carbocycles. The molecule has 18 nitrogen and oxygen atoms in total. The number of anilines is 1. The van der Waals surface area contributed by atoms with Gasteiger partial charge in [-0.3, -0.25) is 24.5 Å². The van der Waals surface area contributed by atoms with E-state index in [4.69, 9.17) is 4.84 Å². The van der Waals surface area contributed by atoms with Crippen molar-refractivity contribution < 1.29 is 75.9 Å². The van der Waals surface area contributed by atoms with Gasteiger partial charge in [-0.05, 0) is 82.9 Å². The summed E-state index contributed by atoms with van der Waals surface area (Å²) in [4.78, 5) is 58.0. The monoisotopic (exact) mass is 928 g/mol. The van der Waals surface area contributed by atoms with Crippen LogP contribution in [0.1, 0.15) is 95.2 Å². The lowest BCUT2D eigenvalue weighted by Gasteiger charge is -2.34. The van der Waals surface area contributed by atoms with Crippen molar-refractivity contribution in [2.75, 3.05) is 29.5 Å². The highest BCUT2D eigenvalue weighted by molar-refractivity contribution is 7.94. The zero-order valence-electron chi connectivity index (χ0n) is 35.0. The molecule has 0 saturated carbocycles. The molecule has 6 rings (SSSR count). The number of hydroxylamine groups is 2. The molecule has 2 aromatic carbocycles. The molecule has 1 fully saturated rings. The van der Waals surface area contributed by atoms with Gasteiger partial charge in [0.05, 0.1) is 27.6 Å². The van der Waals surface area contributed by atoms with Gasteiger partial charge in [0.25, 0.3) is 11.8 Å². The summed E-state index contributed by atoms with van der Waals surface area (Å²) in [5.74, 6) is -3.08. The summed E-state index contributed by atoms with van der Waals surface area (Å²) in [7, 11) is -4.49. The first-order chi connectivity index (χ1) is 29.9. The van der Waals surface area contributed by atoms with Crippen LogP contribution in [0.3, 0.4) is 0 Å². The van der Waals surface area contributed by atoms with E-state index < -0.39 is 56.0 Å². The number of hydrogen-bond acceptors (Lipinski definition) is 18. The molecule has 63 heavy (non-hydrogen) atoms. The van der Waals surface area contributed by atoms with Crippen LogP contribution < -0.4 is 20.5 Å². The summed E-state index contributed by atoms with van der Waals surface area (Å²) in [6.07, 6.45) is 5.44. The van der Waals surface area contributed by atoms with Crippen LogP contribution in [0.15, 0.2) is 76.0 Å². The van der Waals surface area contributed by atoms with Gasteiger partial charge in [-0.15, -0.1) is 5.06 Å². The summed E-state index contributed by atoms with van der Waals surface area (Å²) >= 11 is 1.52. The molecular formula is C42H46N3O15S3-3. The van der Waals surface area contributed by atoms with E-state index in [0.717, 1.165) is 40.1 Å². The second-order valence-electron chi connectivity index (χ2n) is 16.3. The highest BCUT2D eigenvalue weighted by Gasteiger charge is 2.47. The van der Waals surface area contributed by atoms with Gasteiger partial charge in [-0.25, -0.2) is 13.2 Å². The minimum atomic E-state index is -4.49. The summed E-state index contributed by atoms with van der Waals surface area (Å²) < 4.78 is 45.5. The lowest BCUT2D eigenvalue weighted by Crippen LogP contribution is -2.35. The Hall–Kier alpha value is -4.42. The van der Waals surface area contributed by atoms with Crippen molar-refractivity contribution in [3.63, 3.8) is 0 Å². The van der Waals surface area contributed by atoms with Crippen molar-refractivity contribution >= 4 is 74.9 Å². The minimum Gasteiger partial charge on any atom is -0.871 e. The van der Waals surface area contributed by atoms with Gasteiger partial charge in [0, 0.05) is 106 Å². The fourth-order valence-corrected chi connectivity index (χ4v) is 9.76. The maximum Gasteiger partial charge on any atom is 0.333 e. The molecule has 0 N–H and O–H groups in total. The zero-order valence-corrected chi connectivity index (χ0v) is 37.5. The molecule has 0 radical (unpaired) electrons. The number of Topliss-reactive ketones (excluding diaryl/α,β-unsaturated/α-hetero) is 1. The second kappa shape index (κ2) is 20.2. The van der Waals surface area contributed by atoms with Crippen LogP contribution in [-0.4, -0.2) is 76.5 Å². The van der Waals surface area contributed by atoms with Crippen LogP contribution in [0.5, 0.6) is 0 Å². The third-order valence-corrected chi connectivity index (χ3v) is 13.6. The van der Waals surface area contributed by atoms with Gasteiger partial charge in [0.15, 0.2) is 11.5 Å². The Morgan fingerprint density at radius 1 is 0.921 bits per heavy atom. The number of carbonyl (C=O) groups excluding carboxylic acids is 4. The molecule has 340 valence electrons. The number of hydrogen-bond donors (Lipinski definition) is 0. The fraction of sp³-hybridized carbons (Fsp3) is 0.452. The number of rotatable bonds is 22. The maximum atomic E-state index is 14.2. The van der Waals surface area contributed by atoms with Crippen LogP contribution in [0.25, 0.3) is 0 Å². The number of allylic oxidation sites excluding steroid dienone is 5. The predicted octanol–water partition coefficient (Wildman–Crippen LogP) is 3.14. The normalized spacial score (nSPS) is 20.7. The van der Waals surface area contributed by atoms with Crippen LogP contribution in [0, 0.1) is 6.92 Å². The second-order valence-corrected chi connectivity index (χ2v) is 19.3. The Kier molecular flexibility index (Phi) is 15.4. The van der Waals surface area contributed by atoms with Crippen molar-refractivity contribution in [1.82, 2.24) is 5.06 Å². The van der Waals surface area contributed by atoms with E-state index in [9.17, 15) is 47.8 Å². The number of carbonyl (C=O) groups is 4. The van der Waals surface area contributed by atoms with Crippen molar-refractivity contribution in [2.24, 2.45) is 0 Å². The molecule has 3 aliphatic heterocycles. The van der Waals surface area contributed by atoms with E-state index in [1.807, 2.05) is 67.5 Å². The molecule has 0 aromatic heterocycles. The number of aryl methyl sites for hydroxylation is 1. The van der Waals surface area contributed by atoms with Crippen molar-refractivity contribution in [3.8, 4) is 0 Å². The minimum absolute atomic E-state index is 0.0184. The van der Waals surface area contributed by atoms with E-state index >= 15 is 0 Å². The highest BCUT2D eigenvalue weighted by atomic mass is 32.2. The molecule has 1 saturated heterocycles. The van der Waals surface area contributed by atoms with Crippen molar-refractivity contribution in [3.05, 3.63) is 87.8 Å². The molecule has 1 unspecified atom stereocenters. The lowest BCUT2D eigenvalue weighted by molar-refractivity contribution is -0.777. The first-order valence-corrected chi connectivity index (χ1v) is 23.4. The molecule has 2 aromatic rings. The Bertz CT molecular complexity index is 2380. The molecule has 2 amide bonds. The molecule has 0 bridgehead atoms. The summed E-state index contributed by atoms with van der Waals surface area (Å²) in [6, 6.07) is 11.2. The smallest absolute Gasteiger partial charge is 0.333 e. The van der Waals surface area contributed by atoms with Gasteiger partial charge in [0.2, 0.25) is 5.69 Å². The van der Waals surface area contributed by atoms with E-state index in [1.165, 1.54) is 0 Å². The fourth-order valence-electron chi connectivity index (χ4n) is 8.53. The number of nitrogens with zero attached hydrogens (tertiary/aromatic N) is 3. The Morgan fingerprint density at radius 2 is 1.65 bits per heavy atom. The van der Waals surface area contributed by atoms with Crippen molar-refractivity contribution in [1.29, 1.82) is 0 Å². The first-order valence-electron chi connectivity index (χ1n) is 20.2. The first kappa shape index (κ1) is 48.0. The summed E-state index contributed by atoms with van der Waals surface area (Å²) in [5, 5.41) is 42.9. The van der Waals surface area contributed by atoms with Crippen LogP contribution in [0.2, 0.25) is 0 Å². The Morgan fingerprint density at radius 3 is 2.33 bits per heavy atom. The lowest BCUT2D eigenvalue weighted by atomic mass is 9.75. The standard InChI is InChI=1S/C42H49N3O15S3/c1-26-11-13-32-30(22-26)41(2,3)34(43(32)19-9-21-63(53,54)55)24-28-39(49)29(40(28)50)25-35-42(4,17-7-5-6-10-38(48)56-45-36(46)15-16-37(45)47)31-23-27(62-60-58-52)12-14-33(31)44(35)18-8-20-61-59-57-51/h11-14,22-25H,5-10,15-21H2,1-4H3,(H3-,49,50,51,52,53,54,55)/p-3. The van der Waals surface area contributed by atoms with Gasteiger partial charge >= 0.3 is 5.97 Å². The average molecular weight is 929 g/mol. The van der Waals surface area contributed by atoms with E-state index in [-0.39, 0.29) is 43.4 Å². The number of fused-ring (bicyclic) bond motifs is 2. The largest absolute Gasteiger partial charge is 0.871 e. The SMILES string of the molecule is Cc1ccc2c(c1)C(C)(C)C(C=C1C(=O)C(C=C3N(CCCSOO[O-])c4ccc(SOO[O-])cc4C3(C)CCCCCC(=O)ON3C(=O)CCC3=O)=C1[O-])=[N+]2CCCS(=O)(=O)[O-]. The molecular weight excluding hydrogens is 883 g/mol. The van der Waals surface area contributed by atoms with Gasteiger partial charge in [-0.2, -0.15) is 13.2 Å². The topological polar surface area (TPSA) is 250 Å². The van der Waals surface area contributed by atoms with Gasteiger partial charge in [0.1, 0.15) is 6.54 Å². The van der Waals surface area contributed by atoms with Crippen molar-refractivity contribution in [2.45, 2.75) is 101 Å². The number of imide groups is 1. The van der Waals surface area contributed by atoms with Crippen LogP contribution in [-0.2, 0) is 63.7 Å². The quantitative estimate of drug-likeness (QED) is 0.0240. The average Bonchev–Trinajstić information content (AvgIpc) is 3.75. The van der Waals surface area contributed by atoms with E-state index in [0.29, 0.717) is 77.8 Å². The predicted molar refractivity (Wildman–Crippen MR) is 220 cm³/mol. The zero-order chi connectivity index (χ0) is 45.7. The highest BCUT2D eigenvalue weighted by Crippen LogP contribution is 2.53. The number of benzene rings is 2. The summed E-state index contributed by atoms with van der Waals surface area (Å²) in [5.41, 5.74) is 3.76. The maximum absolute atomic E-state index is 14.2. The third kappa shape index (κ3) is 10.6. The molecule has 1 atom stereocenters.